The predicted molar refractivity (Wildman–Crippen MR) is 111 cm³/mol. The molecule has 158 valence electrons. The Kier molecular flexibility index (Phi) is 5.44. The van der Waals surface area contributed by atoms with Crippen molar-refractivity contribution in [3.8, 4) is 23.0 Å². The van der Waals surface area contributed by atoms with E-state index in [0.717, 1.165) is 22.3 Å². The van der Waals surface area contributed by atoms with Gasteiger partial charge in [0.15, 0.2) is 23.0 Å². The van der Waals surface area contributed by atoms with Crippen molar-refractivity contribution in [3.05, 3.63) is 53.1 Å². The molecule has 0 radical (unpaired) electrons. The van der Waals surface area contributed by atoms with Crippen molar-refractivity contribution in [2.24, 2.45) is 0 Å². The zero-order valence-electron chi connectivity index (χ0n) is 17.4. The van der Waals surface area contributed by atoms with E-state index in [2.05, 4.69) is 6.58 Å². The minimum atomic E-state index is -0.384. The van der Waals surface area contributed by atoms with Crippen LogP contribution in [0.5, 0.6) is 23.0 Å². The smallest absolute Gasteiger partial charge is 0.410 e. The van der Waals surface area contributed by atoms with Gasteiger partial charge in [-0.2, -0.15) is 0 Å². The Bertz CT molecular complexity index is 986. The van der Waals surface area contributed by atoms with E-state index in [0.29, 0.717) is 42.6 Å². The molecule has 2 aromatic carbocycles. The molecule has 1 amide bonds. The van der Waals surface area contributed by atoms with E-state index < -0.39 is 0 Å². The first-order valence-corrected chi connectivity index (χ1v) is 9.83. The summed E-state index contributed by atoms with van der Waals surface area (Å²) in [6, 6.07) is 7.49. The van der Waals surface area contributed by atoms with E-state index in [1.54, 1.807) is 32.1 Å². The van der Waals surface area contributed by atoms with Gasteiger partial charge in [0.05, 0.1) is 33.4 Å². The number of carbonyl (C=O) groups is 1. The standard InChI is InChI=1S/C23H25NO6/c1-5-14-10-20-21(30-13-29-20)11-16(14)18-9-15-7-8-19(26-3)22(27-4)17(15)12-24(18)23(25)28-6-2/h5,7-8,10-11,18H,1,6,9,12-13H2,2-4H3. The van der Waals surface area contributed by atoms with Crippen LogP contribution in [0.1, 0.15) is 35.2 Å². The van der Waals surface area contributed by atoms with Crippen LogP contribution >= 0.6 is 0 Å². The van der Waals surface area contributed by atoms with Crippen molar-refractivity contribution < 1.29 is 28.5 Å². The summed E-state index contributed by atoms with van der Waals surface area (Å²) in [4.78, 5) is 14.6. The van der Waals surface area contributed by atoms with E-state index >= 15 is 0 Å². The van der Waals surface area contributed by atoms with Gasteiger partial charge in [0, 0.05) is 5.56 Å². The normalized spacial score (nSPS) is 16.6. The second kappa shape index (κ2) is 8.18. The summed E-state index contributed by atoms with van der Waals surface area (Å²) in [5.41, 5.74) is 3.83. The number of ether oxygens (including phenoxy) is 5. The van der Waals surface area contributed by atoms with Crippen LogP contribution in [0, 0.1) is 0 Å². The van der Waals surface area contributed by atoms with Crippen LogP contribution in [-0.4, -0.2) is 38.6 Å². The lowest BCUT2D eigenvalue weighted by molar-refractivity contribution is 0.0814. The molecule has 1 atom stereocenters. The molecule has 2 heterocycles. The van der Waals surface area contributed by atoms with Crippen LogP contribution in [0.3, 0.4) is 0 Å². The third-order valence-corrected chi connectivity index (χ3v) is 5.52. The van der Waals surface area contributed by atoms with Gasteiger partial charge in [-0.3, -0.25) is 4.90 Å². The SMILES string of the molecule is C=Cc1cc2c(cc1C1Cc3ccc(OC)c(OC)c3CN1C(=O)OCC)OCO2. The monoisotopic (exact) mass is 411 g/mol. The fraction of sp³-hybridized carbons (Fsp3) is 0.348. The summed E-state index contributed by atoms with van der Waals surface area (Å²) in [6.45, 7) is 6.55. The first-order valence-electron chi connectivity index (χ1n) is 9.83. The van der Waals surface area contributed by atoms with Crippen molar-refractivity contribution in [1.29, 1.82) is 0 Å². The molecule has 0 spiro atoms. The van der Waals surface area contributed by atoms with Crippen LogP contribution in [0.4, 0.5) is 4.79 Å². The molecule has 0 aromatic heterocycles. The maximum Gasteiger partial charge on any atom is 0.410 e. The number of benzene rings is 2. The highest BCUT2D eigenvalue weighted by atomic mass is 16.7. The van der Waals surface area contributed by atoms with Gasteiger partial charge in [-0.1, -0.05) is 18.7 Å². The molecule has 7 nitrogen and oxygen atoms in total. The molecule has 0 saturated heterocycles. The molecular weight excluding hydrogens is 386 g/mol. The molecule has 2 aromatic rings. The second-order valence-corrected chi connectivity index (χ2v) is 7.02. The van der Waals surface area contributed by atoms with Crippen LogP contribution in [0.25, 0.3) is 6.08 Å². The molecule has 1 unspecified atom stereocenters. The number of amides is 1. The van der Waals surface area contributed by atoms with Crippen molar-refractivity contribution >= 4 is 12.2 Å². The Morgan fingerprint density at radius 2 is 2.00 bits per heavy atom. The van der Waals surface area contributed by atoms with Crippen molar-refractivity contribution in [3.63, 3.8) is 0 Å². The molecule has 4 rings (SSSR count). The largest absolute Gasteiger partial charge is 0.493 e. The summed E-state index contributed by atoms with van der Waals surface area (Å²) < 4.78 is 27.5. The number of carbonyl (C=O) groups excluding carboxylic acids is 1. The molecule has 0 saturated carbocycles. The van der Waals surface area contributed by atoms with Crippen molar-refractivity contribution in [1.82, 2.24) is 4.90 Å². The third kappa shape index (κ3) is 3.30. The number of fused-ring (bicyclic) bond motifs is 2. The maximum absolute atomic E-state index is 12.9. The molecular formula is C23H25NO6. The van der Waals surface area contributed by atoms with Gasteiger partial charge < -0.3 is 23.7 Å². The third-order valence-electron chi connectivity index (χ3n) is 5.52. The second-order valence-electron chi connectivity index (χ2n) is 7.02. The van der Waals surface area contributed by atoms with Gasteiger partial charge >= 0.3 is 6.09 Å². The Balaban J connectivity index is 1.83. The van der Waals surface area contributed by atoms with E-state index in [1.165, 1.54) is 0 Å². The van der Waals surface area contributed by atoms with Crippen LogP contribution in [0.2, 0.25) is 0 Å². The Morgan fingerprint density at radius 1 is 1.23 bits per heavy atom. The fourth-order valence-electron chi connectivity index (χ4n) is 4.11. The average Bonchev–Trinajstić information content (AvgIpc) is 3.23. The fourth-order valence-corrected chi connectivity index (χ4v) is 4.11. The Labute approximate surface area is 175 Å². The summed E-state index contributed by atoms with van der Waals surface area (Å²) in [6.07, 6.45) is 1.98. The lowest BCUT2D eigenvalue weighted by atomic mass is 9.87. The molecule has 30 heavy (non-hydrogen) atoms. The van der Waals surface area contributed by atoms with E-state index in [1.807, 2.05) is 24.3 Å². The van der Waals surface area contributed by atoms with Gasteiger partial charge in [0.25, 0.3) is 0 Å². The van der Waals surface area contributed by atoms with E-state index in [9.17, 15) is 4.79 Å². The molecule has 0 aliphatic carbocycles. The topological polar surface area (TPSA) is 66.5 Å². The van der Waals surface area contributed by atoms with Gasteiger partial charge in [-0.25, -0.2) is 4.79 Å². The number of hydrogen-bond acceptors (Lipinski definition) is 6. The lowest BCUT2D eigenvalue weighted by Gasteiger charge is -2.37. The zero-order chi connectivity index (χ0) is 21.3. The van der Waals surface area contributed by atoms with Crippen molar-refractivity contribution in [2.75, 3.05) is 27.6 Å². The predicted octanol–water partition coefficient (Wildman–Crippen LogP) is 4.33. The molecule has 2 aliphatic heterocycles. The van der Waals surface area contributed by atoms with Crippen LogP contribution < -0.4 is 18.9 Å². The quantitative estimate of drug-likeness (QED) is 0.730. The minimum Gasteiger partial charge on any atom is -0.493 e. The molecule has 0 fully saturated rings. The summed E-state index contributed by atoms with van der Waals surface area (Å²) in [5, 5.41) is 0. The van der Waals surface area contributed by atoms with Crippen molar-refractivity contribution in [2.45, 2.75) is 25.9 Å². The van der Waals surface area contributed by atoms with E-state index in [4.69, 9.17) is 23.7 Å². The first kappa shape index (κ1) is 19.9. The van der Waals surface area contributed by atoms with Gasteiger partial charge in [0.2, 0.25) is 6.79 Å². The number of nitrogens with zero attached hydrogens (tertiary/aromatic N) is 1. The van der Waals surface area contributed by atoms with E-state index in [-0.39, 0.29) is 18.9 Å². The first-order chi connectivity index (χ1) is 14.6. The van der Waals surface area contributed by atoms with Gasteiger partial charge in [0.1, 0.15) is 0 Å². The van der Waals surface area contributed by atoms with Crippen LogP contribution in [0.15, 0.2) is 30.8 Å². The molecule has 0 N–H and O–H groups in total. The van der Waals surface area contributed by atoms with Gasteiger partial charge in [-0.15, -0.1) is 0 Å². The summed E-state index contributed by atoms with van der Waals surface area (Å²) in [5.74, 6) is 2.61. The number of rotatable bonds is 5. The maximum atomic E-state index is 12.9. The summed E-state index contributed by atoms with van der Waals surface area (Å²) in [7, 11) is 3.20. The lowest BCUT2D eigenvalue weighted by Crippen LogP contribution is -2.39. The molecule has 7 heteroatoms. The highest BCUT2D eigenvalue weighted by Crippen LogP contribution is 2.45. The molecule has 2 aliphatic rings. The summed E-state index contributed by atoms with van der Waals surface area (Å²) >= 11 is 0. The zero-order valence-corrected chi connectivity index (χ0v) is 17.4. The molecule has 0 bridgehead atoms. The highest BCUT2D eigenvalue weighted by Gasteiger charge is 2.36. The Hall–Kier alpha value is -3.35. The highest BCUT2D eigenvalue weighted by molar-refractivity contribution is 5.71. The number of methoxy groups -OCH3 is 2. The Morgan fingerprint density at radius 3 is 2.67 bits per heavy atom. The van der Waals surface area contributed by atoms with Gasteiger partial charge in [-0.05, 0) is 48.2 Å². The average molecular weight is 411 g/mol. The minimum absolute atomic E-state index is 0.182. The van der Waals surface area contributed by atoms with Crippen LogP contribution in [-0.2, 0) is 17.7 Å². The number of hydrogen-bond donors (Lipinski definition) is 0.